The maximum absolute atomic E-state index is 12.6. The molecule has 0 saturated carbocycles. The molecule has 0 aliphatic rings. The van der Waals surface area contributed by atoms with Crippen LogP contribution in [0, 0.1) is 6.92 Å². The van der Waals surface area contributed by atoms with Crippen LogP contribution in [0.15, 0.2) is 59.2 Å². The van der Waals surface area contributed by atoms with E-state index in [4.69, 9.17) is 0 Å². The minimum atomic E-state index is -0.250. The van der Waals surface area contributed by atoms with Crippen LogP contribution in [0.5, 0.6) is 0 Å². The van der Waals surface area contributed by atoms with E-state index in [1.54, 1.807) is 10.9 Å². The van der Waals surface area contributed by atoms with Gasteiger partial charge < -0.3 is 4.98 Å². The van der Waals surface area contributed by atoms with Crippen molar-refractivity contribution < 1.29 is 4.79 Å². The Bertz CT molecular complexity index is 1030. The first kappa shape index (κ1) is 15.6. The number of nitrogens with one attached hydrogen (secondary N) is 2. The SMILES string of the molecule is Cc1c(C(=O)Nc2nc3ccccc3[nH]2)cnn1-c1ccc(Br)cc1. The molecule has 6 nitrogen and oxygen atoms in total. The number of hydrogen-bond acceptors (Lipinski definition) is 3. The maximum Gasteiger partial charge on any atom is 0.261 e. The molecule has 4 rings (SSSR count). The van der Waals surface area contributed by atoms with Gasteiger partial charge in [0.05, 0.1) is 34.2 Å². The van der Waals surface area contributed by atoms with Crippen LogP contribution in [-0.2, 0) is 0 Å². The molecule has 2 heterocycles. The number of carbonyl (C=O) groups is 1. The Labute approximate surface area is 152 Å². The van der Waals surface area contributed by atoms with Gasteiger partial charge >= 0.3 is 0 Å². The molecule has 7 heteroatoms. The number of amides is 1. The van der Waals surface area contributed by atoms with Crippen LogP contribution >= 0.6 is 15.9 Å². The molecule has 0 spiro atoms. The highest BCUT2D eigenvalue weighted by Gasteiger charge is 2.16. The van der Waals surface area contributed by atoms with Crippen molar-refractivity contribution in [2.75, 3.05) is 5.32 Å². The minimum absolute atomic E-state index is 0.250. The quantitative estimate of drug-likeness (QED) is 0.548. The van der Waals surface area contributed by atoms with Gasteiger partial charge in [-0.15, -0.1) is 0 Å². The largest absolute Gasteiger partial charge is 0.324 e. The summed E-state index contributed by atoms with van der Waals surface area (Å²) in [6.45, 7) is 1.86. The van der Waals surface area contributed by atoms with Crippen molar-refractivity contribution in [2.45, 2.75) is 6.92 Å². The Morgan fingerprint density at radius 2 is 1.92 bits per heavy atom. The number of anilines is 1. The van der Waals surface area contributed by atoms with Gasteiger partial charge in [0.15, 0.2) is 0 Å². The number of imidazole rings is 1. The molecular formula is C18H14BrN5O. The van der Waals surface area contributed by atoms with E-state index in [0.717, 1.165) is 26.9 Å². The number of hydrogen-bond donors (Lipinski definition) is 2. The van der Waals surface area contributed by atoms with Gasteiger partial charge in [-0.05, 0) is 43.3 Å². The van der Waals surface area contributed by atoms with E-state index < -0.39 is 0 Å². The Kier molecular flexibility index (Phi) is 3.85. The van der Waals surface area contributed by atoms with Crippen molar-refractivity contribution >= 4 is 38.8 Å². The van der Waals surface area contributed by atoms with Gasteiger partial charge in [0.1, 0.15) is 0 Å². The Morgan fingerprint density at radius 3 is 2.68 bits per heavy atom. The molecule has 0 saturated heterocycles. The Hall–Kier alpha value is -2.93. The lowest BCUT2D eigenvalue weighted by atomic mass is 10.2. The second kappa shape index (κ2) is 6.18. The molecule has 2 aromatic carbocycles. The molecule has 0 radical (unpaired) electrons. The molecule has 0 aliphatic carbocycles. The molecule has 2 aromatic heterocycles. The third-order valence-corrected chi connectivity index (χ3v) is 4.48. The summed E-state index contributed by atoms with van der Waals surface area (Å²) in [6, 6.07) is 15.4. The molecule has 4 aromatic rings. The van der Waals surface area contributed by atoms with Gasteiger partial charge in [-0.1, -0.05) is 28.1 Å². The predicted octanol–water partition coefficient (Wildman–Crippen LogP) is 4.07. The molecule has 124 valence electrons. The number of halogens is 1. The van der Waals surface area contributed by atoms with Gasteiger partial charge in [-0.2, -0.15) is 5.10 Å². The zero-order valence-electron chi connectivity index (χ0n) is 13.3. The van der Waals surface area contributed by atoms with Crippen LogP contribution in [0.25, 0.3) is 16.7 Å². The second-order valence-corrected chi connectivity index (χ2v) is 6.50. The summed E-state index contributed by atoms with van der Waals surface area (Å²) in [5, 5.41) is 7.13. The van der Waals surface area contributed by atoms with E-state index >= 15 is 0 Å². The first-order chi connectivity index (χ1) is 12.1. The number of nitrogens with zero attached hydrogens (tertiary/aromatic N) is 3. The molecule has 25 heavy (non-hydrogen) atoms. The van der Waals surface area contributed by atoms with Crippen molar-refractivity contribution in [1.82, 2.24) is 19.7 Å². The number of fused-ring (bicyclic) bond motifs is 1. The summed E-state index contributed by atoms with van der Waals surface area (Å²) in [7, 11) is 0. The monoisotopic (exact) mass is 395 g/mol. The fraction of sp³-hybridized carbons (Fsp3) is 0.0556. The highest BCUT2D eigenvalue weighted by atomic mass is 79.9. The molecule has 0 aliphatic heterocycles. The van der Waals surface area contributed by atoms with Crippen molar-refractivity contribution in [1.29, 1.82) is 0 Å². The maximum atomic E-state index is 12.6. The molecule has 0 unspecified atom stereocenters. The number of aromatic nitrogens is 4. The summed E-state index contributed by atoms with van der Waals surface area (Å²) < 4.78 is 2.73. The highest BCUT2D eigenvalue weighted by molar-refractivity contribution is 9.10. The summed E-state index contributed by atoms with van der Waals surface area (Å²) in [4.78, 5) is 20.0. The average Bonchev–Trinajstić information content (AvgIpc) is 3.18. The number of carbonyl (C=O) groups excluding carboxylic acids is 1. The van der Waals surface area contributed by atoms with E-state index in [1.165, 1.54) is 0 Å². The normalized spacial score (nSPS) is 11.0. The zero-order valence-corrected chi connectivity index (χ0v) is 14.9. The van der Waals surface area contributed by atoms with Crippen LogP contribution in [0.4, 0.5) is 5.95 Å². The third kappa shape index (κ3) is 2.94. The van der Waals surface area contributed by atoms with Gasteiger partial charge in [-0.3, -0.25) is 10.1 Å². The second-order valence-electron chi connectivity index (χ2n) is 5.59. The molecular weight excluding hydrogens is 382 g/mol. The molecule has 0 bridgehead atoms. The fourth-order valence-corrected chi connectivity index (χ4v) is 2.93. The van der Waals surface area contributed by atoms with Crippen LogP contribution in [0.3, 0.4) is 0 Å². The van der Waals surface area contributed by atoms with E-state index in [0.29, 0.717) is 11.5 Å². The van der Waals surface area contributed by atoms with Crippen LogP contribution in [0.2, 0.25) is 0 Å². The Balaban J connectivity index is 1.61. The number of para-hydroxylation sites is 2. The third-order valence-electron chi connectivity index (χ3n) is 3.95. The number of benzene rings is 2. The van der Waals surface area contributed by atoms with Gasteiger partial charge in [0.2, 0.25) is 5.95 Å². The lowest BCUT2D eigenvalue weighted by molar-refractivity contribution is 0.102. The van der Waals surface area contributed by atoms with E-state index in [-0.39, 0.29) is 5.91 Å². The first-order valence-corrected chi connectivity index (χ1v) is 8.48. The lowest BCUT2D eigenvalue weighted by Crippen LogP contribution is -2.14. The van der Waals surface area contributed by atoms with Crippen molar-refractivity contribution in [3.63, 3.8) is 0 Å². The smallest absolute Gasteiger partial charge is 0.261 e. The molecule has 0 atom stereocenters. The van der Waals surface area contributed by atoms with E-state index in [1.807, 2.05) is 55.5 Å². The van der Waals surface area contributed by atoms with Crippen molar-refractivity contribution in [2.24, 2.45) is 0 Å². The fourth-order valence-electron chi connectivity index (χ4n) is 2.66. The van der Waals surface area contributed by atoms with Crippen LogP contribution in [0.1, 0.15) is 16.1 Å². The summed E-state index contributed by atoms with van der Waals surface area (Å²) in [6.07, 6.45) is 1.56. The van der Waals surface area contributed by atoms with E-state index in [9.17, 15) is 4.79 Å². The standard InChI is InChI=1S/C18H14BrN5O/c1-11-14(10-20-24(11)13-8-6-12(19)7-9-13)17(25)23-18-21-15-4-2-3-5-16(15)22-18/h2-10H,1H3,(H2,21,22,23,25). The summed E-state index contributed by atoms with van der Waals surface area (Å²) in [5.41, 5.74) is 3.84. The van der Waals surface area contributed by atoms with Crippen molar-refractivity contribution in [3.8, 4) is 5.69 Å². The Morgan fingerprint density at radius 1 is 1.16 bits per heavy atom. The average molecular weight is 396 g/mol. The van der Waals surface area contributed by atoms with Gasteiger partial charge in [0.25, 0.3) is 5.91 Å². The predicted molar refractivity (Wildman–Crippen MR) is 100 cm³/mol. The number of rotatable bonds is 3. The number of aromatic amines is 1. The van der Waals surface area contributed by atoms with Crippen molar-refractivity contribution in [3.05, 3.63) is 70.5 Å². The van der Waals surface area contributed by atoms with Crippen LogP contribution < -0.4 is 5.32 Å². The topological polar surface area (TPSA) is 75.6 Å². The van der Waals surface area contributed by atoms with Crippen LogP contribution in [-0.4, -0.2) is 25.7 Å². The molecule has 1 amide bonds. The van der Waals surface area contributed by atoms with E-state index in [2.05, 4.69) is 36.3 Å². The summed E-state index contributed by atoms with van der Waals surface area (Å²) >= 11 is 3.41. The molecule has 2 N–H and O–H groups in total. The first-order valence-electron chi connectivity index (χ1n) is 7.68. The minimum Gasteiger partial charge on any atom is -0.324 e. The summed E-state index contributed by atoms with van der Waals surface area (Å²) in [5.74, 6) is 0.168. The highest BCUT2D eigenvalue weighted by Crippen LogP contribution is 2.19. The van der Waals surface area contributed by atoms with Gasteiger partial charge in [0, 0.05) is 4.47 Å². The number of H-pyrrole nitrogens is 1. The molecule has 0 fully saturated rings. The van der Waals surface area contributed by atoms with Gasteiger partial charge in [-0.25, -0.2) is 9.67 Å². The zero-order chi connectivity index (χ0) is 17.4. The lowest BCUT2D eigenvalue weighted by Gasteiger charge is -2.05.